The highest BCUT2D eigenvalue weighted by atomic mass is 32.2. The van der Waals surface area contributed by atoms with E-state index in [2.05, 4.69) is 10.2 Å². The highest BCUT2D eigenvalue weighted by molar-refractivity contribution is 7.99. The Balaban J connectivity index is 1.77. The highest BCUT2D eigenvalue weighted by Crippen LogP contribution is 2.26. The zero-order valence-electron chi connectivity index (χ0n) is 14.5. The minimum absolute atomic E-state index is 0.0227. The van der Waals surface area contributed by atoms with Gasteiger partial charge in [-0.3, -0.25) is 14.5 Å². The Kier molecular flexibility index (Phi) is 6.73. The van der Waals surface area contributed by atoms with Gasteiger partial charge in [0, 0.05) is 38.4 Å². The third-order valence-corrected chi connectivity index (χ3v) is 5.03. The molecule has 0 spiro atoms. The zero-order chi connectivity index (χ0) is 16.9. The van der Waals surface area contributed by atoms with Crippen molar-refractivity contribution in [2.24, 2.45) is 5.41 Å². The summed E-state index contributed by atoms with van der Waals surface area (Å²) in [4.78, 5) is 28.8. The minimum atomic E-state index is -0.320. The molecule has 1 unspecified atom stereocenters. The lowest BCUT2D eigenvalue weighted by Crippen LogP contribution is -2.49. The number of rotatable bonds is 5. The number of ether oxygens (including phenoxy) is 1. The molecule has 2 saturated heterocycles. The second kappa shape index (κ2) is 8.35. The van der Waals surface area contributed by atoms with Crippen LogP contribution >= 0.6 is 11.8 Å². The van der Waals surface area contributed by atoms with Gasteiger partial charge in [0.15, 0.2) is 0 Å². The Bertz CT molecular complexity index is 419. The third-order valence-electron chi connectivity index (χ3n) is 4.02. The molecule has 7 heteroatoms. The van der Waals surface area contributed by atoms with Crippen LogP contribution in [-0.2, 0) is 14.3 Å². The Hall–Kier alpha value is -0.790. The van der Waals surface area contributed by atoms with Crippen LogP contribution in [0.2, 0.25) is 0 Å². The number of carbonyl (C=O) groups is 2. The molecule has 0 saturated carbocycles. The summed E-state index contributed by atoms with van der Waals surface area (Å²) in [6.45, 7) is 11.0. The molecular formula is C16H29N3O3S. The molecule has 0 aromatic heterocycles. The van der Waals surface area contributed by atoms with Crippen LogP contribution in [0, 0.1) is 5.41 Å². The Morgan fingerprint density at radius 1 is 1.26 bits per heavy atom. The molecule has 0 aromatic rings. The molecule has 6 nitrogen and oxygen atoms in total. The molecule has 2 aliphatic rings. The summed E-state index contributed by atoms with van der Waals surface area (Å²) >= 11 is 1.65. The molecule has 0 radical (unpaired) electrons. The van der Waals surface area contributed by atoms with Gasteiger partial charge in [-0.1, -0.05) is 20.8 Å². The van der Waals surface area contributed by atoms with E-state index in [1.165, 1.54) is 0 Å². The van der Waals surface area contributed by atoms with Crippen LogP contribution in [0.1, 0.15) is 27.2 Å². The molecule has 2 amide bonds. The van der Waals surface area contributed by atoms with Crippen molar-refractivity contribution in [3.8, 4) is 0 Å². The normalized spacial score (nSPS) is 23.1. The second-order valence-electron chi connectivity index (χ2n) is 7.36. The highest BCUT2D eigenvalue weighted by Gasteiger charge is 2.35. The molecule has 1 atom stereocenters. The smallest absolute Gasteiger partial charge is 0.243 e. The molecule has 132 valence electrons. The number of hydrogen-bond donors (Lipinski definition) is 1. The second-order valence-corrected chi connectivity index (χ2v) is 8.36. The maximum Gasteiger partial charge on any atom is 0.243 e. The molecule has 23 heavy (non-hydrogen) atoms. The standard InChI is InChI=1S/C16H29N3O3S/c1-16(2,3)10-14(20)19-12-23-11-13(19)15(21)17-4-5-18-6-8-22-9-7-18/h13H,4-12H2,1-3H3,(H,17,21). The summed E-state index contributed by atoms with van der Waals surface area (Å²) < 4.78 is 5.31. The molecule has 1 N–H and O–H groups in total. The summed E-state index contributed by atoms with van der Waals surface area (Å²) in [7, 11) is 0. The quantitative estimate of drug-likeness (QED) is 0.799. The number of hydrogen-bond acceptors (Lipinski definition) is 5. The molecule has 2 aliphatic heterocycles. The van der Waals surface area contributed by atoms with Crippen molar-refractivity contribution in [1.29, 1.82) is 0 Å². The predicted molar refractivity (Wildman–Crippen MR) is 92.3 cm³/mol. The average Bonchev–Trinajstić information content (AvgIpc) is 2.96. The van der Waals surface area contributed by atoms with Gasteiger partial charge >= 0.3 is 0 Å². The van der Waals surface area contributed by atoms with Gasteiger partial charge in [0.25, 0.3) is 0 Å². The number of nitrogens with zero attached hydrogens (tertiary/aromatic N) is 2. The summed E-state index contributed by atoms with van der Waals surface area (Å²) in [5.41, 5.74) is -0.0539. The predicted octanol–water partition coefficient (Wildman–Crippen LogP) is 0.773. The molecule has 2 fully saturated rings. The van der Waals surface area contributed by atoms with Crippen LogP contribution in [0.15, 0.2) is 0 Å². The summed E-state index contributed by atoms with van der Waals surface area (Å²) in [6.07, 6.45) is 0.477. The molecule has 0 aliphatic carbocycles. The van der Waals surface area contributed by atoms with Crippen molar-refractivity contribution in [2.75, 3.05) is 51.0 Å². The third kappa shape index (κ3) is 5.97. The van der Waals surface area contributed by atoms with E-state index in [9.17, 15) is 9.59 Å². The lowest BCUT2D eigenvalue weighted by molar-refractivity contribution is -0.139. The van der Waals surface area contributed by atoms with Gasteiger partial charge in [-0.25, -0.2) is 0 Å². The van der Waals surface area contributed by atoms with Gasteiger partial charge in [-0.2, -0.15) is 0 Å². The lowest BCUT2D eigenvalue weighted by atomic mass is 9.91. The molecule has 2 rings (SSSR count). The van der Waals surface area contributed by atoms with Gasteiger partial charge in [-0.05, 0) is 5.41 Å². The van der Waals surface area contributed by atoms with Crippen molar-refractivity contribution in [1.82, 2.24) is 15.1 Å². The zero-order valence-corrected chi connectivity index (χ0v) is 15.3. The summed E-state index contributed by atoms with van der Waals surface area (Å²) in [5.74, 6) is 1.37. The summed E-state index contributed by atoms with van der Waals surface area (Å²) in [5, 5.41) is 2.99. The van der Waals surface area contributed by atoms with E-state index in [1.54, 1.807) is 16.7 Å². The van der Waals surface area contributed by atoms with E-state index in [1.807, 2.05) is 20.8 Å². The number of nitrogens with one attached hydrogen (secondary N) is 1. The van der Waals surface area contributed by atoms with Crippen LogP contribution in [0.3, 0.4) is 0 Å². The Morgan fingerprint density at radius 2 is 1.96 bits per heavy atom. The van der Waals surface area contributed by atoms with Crippen molar-refractivity contribution < 1.29 is 14.3 Å². The lowest BCUT2D eigenvalue weighted by Gasteiger charge is -2.28. The van der Waals surface area contributed by atoms with Crippen molar-refractivity contribution in [3.05, 3.63) is 0 Å². The Morgan fingerprint density at radius 3 is 2.61 bits per heavy atom. The molecule has 0 aromatic carbocycles. The first kappa shape index (κ1) is 18.5. The van der Waals surface area contributed by atoms with E-state index in [0.717, 1.165) is 32.8 Å². The number of morpholine rings is 1. The van der Waals surface area contributed by atoms with Crippen molar-refractivity contribution in [2.45, 2.75) is 33.2 Å². The van der Waals surface area contributed by atoms with Gasteiger partial charge in [0.2, 0.25) is 11.8 Å². The molecule has 0 bridgehead atoms. The first-order chi connectivity index (χ1) is 10.9. The minimum Gasteiger partial charge on any atom is -0.379 e. The van der Waals surface area contributed by atoms with Crippen LogP contribution in [0.4, 0.5) is 0 Å². The topological polar surface area (TPSA) is 61.9 Å². The van der Waals surface area contributed by atoms with Gasteiger partial charge in [0.1, 0.15) is 6.04 Å². The maximum absolute atomic E-state index is 12.4. The van der Waals surface area contributed by atoms with Gasteiger partial charge in [-0.15, -0.1) is 11.8 Å². The maximum atomic E-state index is 12.4. The average molecular weight is 343 g/mol. The van der Waals surface area contributed by atoms with Crippen molar-refractivity contribution >= 4 is 23.6 Å². The summed E-state index contributed by atoms with van der Waals surface area (Å²) in [6, 6.07) is -0.320. The first-order valence-corrected chi connectivity index (χ1v) is 9.47. The van der Waals surface area contributed by atoms with E-state index in [0.29, 0.717) is 24.6 Å². The monoisotopic (exact) mass is 343 g/mol. The van der Waals surface area contributed by atoms with Crippen molar-refractivity contribution in [3.63, 3.8) is 0 Å². The Labute approximate surface area is 143 Å². The van der Waals surface area contributed by atoms with Gasteiger partial charge in [0.05, 0.1) is 19.1 Å². The fraction of sp³-hybridized carbons (Fsp3) is 0.875. The first-order valence-electron chi connectivity index (χ1n) is 8.32. The fourth-order valence-electron chi connectivity index (χ4n) is 2.74. The number of thioether (sulfide) groups is 1. The van der Waals surface area contributed by atoms with E-state index in [4.69, 9.17) is 4.74 Å². The van der Waals surface area contributed by atoms with E-state index >= 15 is 0 Å². The van der Waals surface area contributed by atoms with Crippen LogP contribution in [0.5, 0.6) is 0 Å². The van der Waals surface area contributed by atoms with E-state index in [-0.39, 0.29) is 23.3 Å². The van der Waals surface area contributed by atoms with Crippen LogP contribution in [0.25, 0.3) is 0 Å². The largest absolute Gasteiger partial charge is 0.379 e. The number of carbonyl (C=O) groups excluding carboxylic acids is 2. The SMILES string of the molecule is CC(C)(C)CC(=O)N1CSCC1C(=O)NCCN1CCOCC1. The van der Waals surface area contributed by atoms with Crippen LogP contribution < -0.4 is 5.32 Å². The van der Waals surface area contributed by atoms with Gasteiger partial charge < -0.3 is 15.0 Å². The molecular weight excluding hydrogens is 314 g/mol. The molecule has 2 heterocycles. The fourth-order valence-corrected chi connectivity index (χ4v) is 3.92. The van der Waals surface area contributed by atoms with E-state index < -0.39 is 0 Å². The number of amides is 2. The van der Waals surface area contributed by atoms with Crippen LogP contribution in [-0.4, -0.2) is 78.7 Å².